The highest BCUT2D eigenvalue weighted by molar-refractivity contribution is 5.70. The molecular weight excluding hydrogens is 616 g/mol. The molecule has 15 nitrogen and oxygen atoms in total. The molecule has 0 spiro atoms. The van der Waals surface area contributed by atoms with Gasteiger partial charge < -0.3 is 55.1 Å². The van der Waals surface area contributed by atoms with Crippen molar-refractivity contribution in [3.8, 4) is 0 Å². The molecule has 276 valence electrons. The summed E-state index contributed by atoms with van der Waals surface area (Å²) in [5.74, 6) is -0.612. The van der Waals surface area contributed by atoms with Crippen LogP contribution in [0, 0.1) is 0 Å². The number of nitrogens with one attached hydrogen (secondary N) is 1. The van der Waals surface area contributed by atoms with Crippen molar-refractivity contribution in [1.29, 1.82) is 0 Å². The summed E-state index contributed by atoms with van der Waals surface area (Å²) < 4.78 is 19.5. The molecular formula is C32H62N4O11. The van der Waals surface area contributed by atoms with E-state index in [2.05, 4.69) is 14.8 Å². The SMILES string of the molecule is C.CC(C)(C)OC(=O)N1CCC(O)(CN)C1.COC(=O)CCC1(O)CCN(C(=O)OC(C)(C)C)C1.COC(=O)CCC1(O)CCNC1. The first-order chi connectivity index (χ1) is 21.1. The molecule has 0 aromatic carbocycles. The third-order valence-corrected chi connectivity index (χ3v) is 7.61. The second-order valence-corrected chi connectivity index (χ2v) is 14.3. The fourth-order valence-corrected chi connectivity index (χ4v) is 4.87. The van der Waals surface area contributed by atoms with Crippen LogP contribution in [0.1, 0.15) is 93.9 Å². The predicted molar refractivity (Wildman–Crippen MR) is 175 cm³/mol. The summed E-state index contributed by atoms with van der Waals surface area (Å²) >= 11 is 0. The summed E-state index contributed by atoms with van der Waals surface area (Å²) in [7, 11) is 2.67. The van der Waals surface area contributed by atoms with E-state index in [1.165, 1.54) is 24.0 Å². The van der Waals surface area contributed by atoms with Crippen LogP contribution in [0.25, 0.3) is 0 Å². The molecule has 3 saturated heterocycles. The lowest BCUT2D eigenvalue weighted by Gasteiger charge is -2.26. The molecule has 0 saturated carbocycles. The quantitative estimate of drug-likeness (QED) is 0.193. The van der Waals surface area contributed by atoms with Gasteiger partial charge in [-0.1, -0.05) is 7.43 Å². The van der Waals surface area contributed by atoms with Crippen LogP contribution in [-0.4, -0.2) is 137 Å². The van der Waals surface area contributed by atoms with Crippen LogP contribution < -0.4 is 11.1 Å². The third-order valence-electron chi connectivity index (χ3n) is 7.61. The van der Waals surface area contributed by atoms with Gasteiger partial charge in [0.1, 0.15) is 11.2 Å². The minimum absolute atomic E-state index is 0. The number of aliphatic hydroxyl groups is 3. The van der Waals surface area contributed by atoms with Gasteiger partial charge in [0.2, 0.25) is 0 Å². The third kappa shape index (κ3) is 17.3. The fourth-order valence-electron chi connectivity index (χ4n) is 4.87. The summed E-state index contributed by atoms with van der Waals surface area (Å²) in [6.45, 7) is 13.8. The molecule has 47 heavy (non-hydrogen) atoms. The summed E-state index contributed by atoms with van der Waals surface area (Å²) in [4.78, 5) is 48.3. The number of nitrogens with zero attached hydrogens (tertiary/aromatic N) is 2. The van der Waals surface area contributed by atoms with E-state index < -0.39 is 34.1 Å². The Bertz CT molecular complexity index is 1010. The zero-order valence-corrected chi connectivity index (χ0v) is 29.0. The number of esters is 2. The number of hydrogen-bond donors (Lipinski definition) is 5. The highest BCUT2D eigenvalue weighted by Crippen LogP contribution is 2.28. The maximum absolute atomic E-state index is 11.8. The number of carbonyl (C=O) groups is 4. The molecule has 3 aliphatic heterocycles. The van der Waals surface area contributed by atoms with Gasteiger partial charge in [-0.15, -0.1) is 0 Å². The van der Waals surface area contributed by atoms with Crippen LogP contribution in [0.3, 0.4) is 0 Å². The van der Waals surface area contributed by atoms with E-state index in [0.29, 0.717) is 51.7 Å². The highest BCUT2D eigenvalue weighted by atomic mass is 16.6. The lowest BCUT2D eigenvalue weighted by Crippen LogP contribution is -2.43. The van der Waals surface area contributed by atoms with Crippen LogP contribution in [0.15, 0.2) is 0 Å². The zero-order valence-electron chi connectivity index (χ0n) is 29.0. The van der Waals surface area contributed by atoms with Gasteiger partial charge >= 0.3 is 24.1 Å². The van der Waals surface area contributed by atoms with Crippen molar-refractivity contribution in [3.63, 3.8) is 0 Å². The van der Waals surface area contributed by atoms with Crippen LogP contribution in [0.2, 0.25) is 0 Å². The Morgan fingerprint density at radius 3 is 1.47 bits per heavy atom. The van der Waals surface area contributed by atoms with Gasteiger partial charge in [0.15, 0.2) is 0 Å². The first-order valence-corrected chi connectivity index (χ1v) is 15.7. The molecule has 3 rings (SSSR count). The molecule has 0 aromatic heterocycles. The van der Waals surface area contributed by atoms with Crippen molar-refractivity contribution in [3.05, 3.63) is 0 Å². The largest absolute Gasteiger partial charge is 0.469 e. The monoisotopic (exact) mass is 678 g/mol. The maximum atomic E-state index is 11.8. The maximum Gasteiger partial charge on any atom is 0.410 e. The average molecular weight is 679 g/mol. The van der Waals surface area contributed by atoms with Gasteiger partial charge in [0.25, 0.3) is 0 Å². The molecule has 3 aliphatic rings. The number of ether oxygens (including phenoxy) is 4. The van der Waals surface area contributed by atoms with E-state index in [9.17, 15) is 34.5 Å². The average Bonchev–Trinajstić information content (AvgIpc) is 3.69. The molecule has 6 N–H and O–H groups in total. The predicted octanol–water partition coefficient (Wildman–Crippen LogP) is 1.93. The summed E-state index contributed by atoms with van der Waals surface area (Å²) in [5, 5.41) is 33.0. The Hall–Kier alpha value is -2.72. The molecule has 3 fully saturated rings. The molecule has 2 amide bonds. The van der Waals surface area contributed by atoms with E-state index in [1.807, 2.05) is 20.8 Å². The normalized spacial score (nSPS) is 25.4. The van der Waals surface area contributed by atoms with Crippen molar-refractivity contribution in [2.75, 3.05) is 60.0 Å². The van der Waals surface area contributed by atoms with E-state index in [4.69, 9.17) is 15.2 Å². The second-order valence-electron chi connectivity index (χ2n) is 14.3. The Balaban J connectivity index is 0.000000685. The van der Waals surface area contributed by atoms with E-state index in [0.717, 1.165) is 13.0 Å². The molecule has 0 radical (unpaired) electrons. The van der Waals surface area contributed by atoms with Crippen molar-refractivity contribution in [1.82, 2.24) is 15.1 Å². The topological polar surface area (TPSA) is 210 Å². The van der Waals surface area contributed by atoms with Crippen molar-refractivity contribution >= 4 is 24.1 Å². The highest BCUT2D eigenvalue weighted by Gasteiger charge is 2.40. The first kappa shape index (κ1) is 44.3. The Morgan fingerprint density at radius 1 is 0.723 bits per heavy atom. The van der Waals surface area contributed by atoms with Gasteiger partial charge in [0, 0.05) is 39.0 Å². The number of nitrogens with two attached hydrogens (primary N) is 1. The lowest BCUT2D eigenvalue weighted by molar-refractivity contribution is -0.142. The number of methoxy groups -OCH3 is 2. The molecule has 3 atom stereocenters. The van der Waals surface area contributed by atoms with Gasteiger partial charge in [-0.05, 0) is 80.2 Å². The van der Waals surface area contributed by atoms with Crippen LogP contribution in [0.5, 0.6) is 0 Å². The van der Waals surface area contributed by atoms with Gasteiger partial charge in [0.05, 0.1) is 44.1 Å². The summed E-state index contributed by atoms with van der Waals surface area (Å²) in [5.41, 5.74) is 1.73. The van der Waals surface area contributed by atoms with E-state index in [-0.39, 0.29) is 51.5 Å². The van der Waals surface area contributed by atoms with Crippen LogP contribution in [0.4, 0.5) is 9.59 Å². The van der Waals surface area contributed by atoms with Crippen molar-refractivity contribution in [2.45, 2.75) is 122 Å². The van der Waals surface area contributed by atoms with Crippen LogP contribution in [-0.2, 0) is 28.5 Å². The Labute approximate surface area is 280 Å². The molecule has 3 heterocycles. The Morgan fingerprint density at radius 2 is 1.13 bits per heavy atom. The van der Waals surface area contributed by atoms with Gasteiger partial charge in [-0.25, -0.2) is 9.59 Å². The first-order valence-electron chi connectivity index (χ1n) is 15.7. The molecule has 3 unspecified atom stereocenters. The molecule has 0 bridgehead atoms. The Kier molecular flexibility index (Phi) is 17.6. The van der Waals surface area contributed by atoms with E-state index >= 15 is 0 Å². The van der Waals surface area contributed by atoms with Gasteiger partial charge in [-0.3, -0.25) is 9.59 Å². The zero-order chi connectivity index (χ0) is 35.4. The van der Waals surface area contributed by atoms with E-state index in [1.54, 1.807) is 20.8 Å². The molecule has 0 aliphatic carbocycles. The summed E-state index contributed by atoms with van der Waals surface area (Å²) in [6.07, 6.45) is 2.11. The standard InChI is InChI=1S/C13H23NO5.C10H20N2O3.C8H15NO3.CH4/c1-12(2,3)19-11(16)14-8-7-13(17,9-14)6-5-10(15)18-4;1-9(2,3)15-8(13)12-5-4-10(14,6-11)7-12;1-12-7(10)2-3-8(11)4-5-9-6-8;/h17H,5-9H2,1-4H3;14H,4-7,11H2,1-3H3;9,11H,2-6H2,1H3;1H4. The number of rotatable bonds is 7. The smallest absolute Gasteiger partial charge is 0.410 e. The number of β-amino-alcohol motifs (C(OH)–C–C–N with tert-alkyl or cyclic N) is 3. The van der Waals surface area contributed by atoms with Gasteiger partial charge in [-0.2, -0.15) is 0 Å². The number of hydrogen-bond acceptors (Lipinski definition) is 13. The van der Waals surface area contributed by atoms with Crippen LogP contribution >= 0.6 is 0 Å². The molecule has 15 heteroatoms. The minimum Gasteiger partial charge on any atom is -0.469 e. The summed E-state index contributed by atoms with van der Waals surface area (Å²) in [6, 6.07) is 0. The number of likely N-dealkylation sites (tertiary alicyclic amines) is 2. The fraction of sp³-hybridized carbons (Fsp3) is 0.875. The molecule has 0 aromatic rings. The number of carbonyl (C=O) groups excluding carboxylic acids is 4. The van der Waals surface area contributed by atoms with Crippen molar-refractivity contribution < 1.29 is 53.4 Å². The second kappa shape index (κ2) is 18.7. The lowest BCUT2D eigenvalue weighted by atomic mass is 9.97. The van der Waals surface area contributed by atoms with Crippen molar-refractivity contribution in [2.24, 2.45) is 5.73 Å². The minimum atomic E-state index is -1.02. The number of amides is 2.